The van der Waals surface area contributed by atoms with Gasteiger partial charge in [-0.3, -0.25) is 9.36 Å². The fourth-order valence-corrected chi connectivity index (χ4v) is 3.27. The van der Waals surface area contributed by atoms with Gasteiger partial charge in [-0.25, -0.2) is 0 Å². The van der Waals surface area contributed by atoms with Crippen LogP contribution in [0.15, 0.2) is 41.6 Å². The summed E-state index contributed by atoms with van der Waals surface area (Å²) in [5.41, 5.74) is 1.87. The lowest BCUT2D eigenvalue weighted by Crippen LogP contribution is -2.25. The van der Waals surface area contributed by atoms with Crippen molar-refractivity contribution in [1.82, 2.24) is 20.1 Å². The third-order valence-corrected chi connectivity index (χ3v) is 4.78. The molecule has 0 aliphatic carbocycles. The smallest absolute Gasteiger partial charge is 0.216 e. The molecule has 0 radical (unpaired) electrons. The predicted octanol–water partition coefficient (Wildman–Crippen LogP) is 3.27. The number of hydrogen-bond acceptors (Lipinski definition) is 7. The Balaban J connectivity index is 1.90. The highest BCUT2D eigenvalue weighted by molar-refractivity contribution is 7.80. The molecule has 0 spiro atoms. The van der Waals surface area contributed by atoms with E-state index in [0.29, 0.717) is 41.0 Å². The average Bonchev–Trinajstić information content (AvgIpc) is 3.06. The summed E-state index contributed by atoms with van der Waals surface area (Å²) in [6.45, 7) is 6.14. The molecule has 0 atom stereocenters. The van der Waals surface area contributed by atoms with Gasteiger partial charge in [0, 0.05) is 18.7 Å². The van der Waals surface area contributed by atoms with Crippen LogP contribution in [0.2, 0.25) is 0 Å². The summed E-state index contributed by atoms with van der Waals surface area (Å²) in [7, 11) is 0. The standard InChI is InChI=1S/C21H24N4O4S/c1-12(2)16-10-17(19(28)11-18(16)27)20-23-24-21(30)25(20)14-4-6-15(7-5-14)29-9-8-22-13(3)26/h4-7,10-12,27-28H,8-9H2,1-3H3,(H,22,26)(H,24,30). The van der Waals surface area contributed by atoms with Crippen molar-refractivity contribution in [3.63, 3.8) is 0 Å². The number of benzene rings is 2. The number of phenols is 2. The van der Waals surface area contributed by atoms with Crippen LogP contribution in [-0.2, 0) is 4.79 Å². The molecule has 0 saturated carbocycles. The van der Waals surface area contributed by atoms with Gasteiger partial charge in [0.05, 0.1) is 12.1 Å². The summed E-state index contributed by atoms with van der Waals surface area (Å²) in [6, 6.07) is 10.2. The van der Waals surface area contributed by atoms with Crippen molar-refractivity contribution in [3.05, 3.63) is 42.0 Å². The number of aromatic nitrogens is 3. The second kappa shape index (κ2) is 9.08. The molecule has 30 heavy (non-hydrogen) atoms. The summed E-state index contributed by atoms with van der Waals surface area (Å²) < 4.78 is 7.30. The van der Waals surface area contributed by atoms with Gasteiger partial charge in [0.2, 0.25) is 5.91 Å². The molecular formula is C21H24N4O4S. The first-order valence-corrected chi connectivity index (χ1v) is 9.91. The van der Waals surface area contributed by atoms with Gasteiger partial charge in [-0.15, -0.1) is 22.8 Å². The molecule has 0 saturated heterocycles. The number of nitrogens with one attached hydrogen (secondary N) is 1. The number of ether oxygens (including phenoxy) is 1. The molecular weight excluding hydrogens is 404 g/mol. The molecule has 158 valence electrons. The molecule has 8 nitrogen and oxygen atoms in total. The van der Waals surface area contributed by atoms with Crippen LogP contribution in [0, 0.1) is 0 Å². The molecule has 3 aromatic rings. The van der Waals surface area contributed by atoms with Crippen molar-refractivity contribution in [2.75, 3.05) is 13.2 Å². The van der Waals surface area contributed by atoms with E-state index in [2.05, 4.69) is 28.1 Å². The fraction of sp³-hybridized carbons (Fsp3) is 0.286. The normalized spacial score (nSPS) is 11.0. The lowest BCUT2D eigenvalue weighted by atomic mass is 9.98. The molecule has 0 fully saturated rings. The highest BCUT2D eigenvalue weighted by Crippen LogP contribution is 2.38. The third kappa shape index (κ3) is 4.68. The van der Waals surface area contributed by atoms with Crippen LogP contribution in [0.4, 0.5) is 0 Å². The highest BCUT2D eigenvalue weighted by atomic mass is 32.1. The van der Waals surface area contributed by atoms with Gasteiger partial charge in [-0.2, -0.15) is 0 Å². The molecule has 9 heteroatoms. The van der Waals surface area contributed by atoms with Crippen LogP contribution >= 0.6 is 12.6 Å². The first-order valence-electron chi connectivity index (χ1n) is 9.46. The van der Waals surface area contributed by atoms with Crippen molar-refractivity contribution in [2.45, 2.75) is 31.8 Å². The molecule has 2 aromatic carbocycles. The Hall–Kier alpha value is -3.20. The number of nitrogens with zero attached hydrogens (tertiary/aromatic N) is 3. The van der Waals surface area contributed by atoms with E-state index in [9.17, 15) is 15.0 Å². The molecule has 3 rings (SSSR count). The Morgan fingerprint density at radius 3 is 2.50 bits per heavy atom. The number of thiol groups is 1. The van der Waals surface area contributed by atoms with E-state index < -0.39 is 0 Å². The zero-order valence-electron chi connectivity index (χ0n) is 17.0. The summed E-state index contributed by atoms with van der Waals surface area (Å²) in [4.78, 5) is 10.9. The first-order chi connectivity index (χ1) is 14.3. The summed E-state index contributed by atoms with van der Waals surface area (Å²) in [6.07, 6.45) is 0. The van der Waals surface area contributed by atoms with Crippen molar-refractivity contribution in [3.8, 4) is 34.3 Å². The van der Waals surface area contributed by atoms with Crippen molar-refractivity contribution < 1.29 is 19.7 Å². The maximum atomic E-state index is 10.9. The van der Waals surface area contributed by atoms with Crippen molar-refractivity contribution >= 4 is 18.5 Å². The van der Waals surface area contributed by atoms with Gasteiger partial charge < -0.3 is 20.3 Å². The van der Waals surface area contributed by atoms with Crippen LogP contribution in [0.25, 0.3) is 17.1 Å². The van der Waals surface area contributed by atoms with Crippen LogP contribution in [-0.4, -0.2) is 44.0 Å². The highest BCUT2D eigenvalue weighted by Gasteiger charge is 2.20. The lowest BCUT2D eigenvalue weighted by molar-refractivity contribution is -0.119. The largest absolute Gasteiger partial charge is 0.508 e. The van der Waals surface area contributed by atoms with Crippen LogP contribution in [0.1, 0.15) is 32.3 Å². The van der Waals surface area contributed by atoms with E-state index in [1.165, 1.54) is 13.0 Å². The summed E-state index contributed by atoms with van der Waals surface area (Å²) in [5.74, 6) is 0.937. The van der Waals surface area contributed by atoms with Gasteiger partial charge >= 0.3 is 0 Å². The van der Waals surface area contributed by atoms with Gasteiger partial charge in [-0.05, 0) is 41.8 Å². The molecule has 1 amide bonds. The Bertz CT molecular complexity index is 1050. The first kappa shape index (κ1) is 21.5. The predicted molar refractivity (Wildman–Crippen MR) is 116 cm³/mol. The summed E-state index contributed by atoms with van der Waals surface area (Å²) in [5, 5.41) is 31.8. The summed E-state index contributed by atoms with van der Waals surface area (Å²) >= 11 is 4.40. The average molecular weight is 429 g/mol. The monoisotopic (exact) mass is 428 g/mol. The number of aromatic hydroxyl groups is 2. The Labute approximate surface area is 179 Å². The zero-order valence-corrected chi connectivity index (χ0v) is 17.8. The quantitative estimate of drug-likeness (QED) is 0.340. The number of amides is 1. The maximum absolute atomic E-state index is 10.9. The number of rotatable bonds is 7. The minimum absolute atomic E-state index is 0.0316. The van der Waals surface area contributed by atoms with Crippen molar-refractivity contribution in [1.29, 1.82) is 0 Å². The minimum Gasteiger partial charge on any atom is -0.508 e. The van der Waals surface area contributed by atoms with Gasteiger partial charge in [0.25, 0.3) is 0 Å². The van der Waals surface area contributed by atoms with E-state index in [4.69, 9.17) is 4.74 Å². The fourth-order valence-electron chi connectivity index (χ4n) is 3.01. The van der Waals surface area contributed by atoms with Gasteiger partial charge in [0.15, 0.2) is 11.0 Å². The third-order valence-electron chi connectivity index (χ3n) is 4.49. The molecule has 0 bridgehead atoms. The Morgan fingerprint density at radius 2 is 1.87 bits per heavy atom. The number of carbonyl (C=O) groups is 1. The molecule has 0 aliphatic rings. The zero-order chi connectivity index (χ0) is 21.8. The molecule has 3 N–H and O–H groups in total. The van der Waals surface area contributed by atoms with Gasteiger partial charge in [-0.1, -0.05) is 13.8 Å². The number of carbonyl (C=O) groups excluding carboxylic acids is 1. The van der Waals surface area contributed by atoms with E-state index >= 15 is 0 Å². The van der Waals surface area contributed by atoms with Crippen molar-refractivity contribution in [2.24, 2.45) is 0 Å². The lowest BCUT2D eigenvalue weighted by Gasteiger charge is -2.14. The minimum atomic E-state index is -0.103. The van der Waals surface area contributed by atoms with E-state index in [-0.39, 0.29) is 23.3 Å². The number of hydrogen-bond donors (Lipinski definition) is 4. The molecule has 0 aliphatic heterocycles. The second-order valence-electron chi connectivity index (χ2n) is 7.07. The SMILES string of the molecule is CC(=O)NCCOc1ccc(-n2c(S)nnc2-c2cc(C(C)C)c(O)cc2O)cc1. The topological polar surface area (TPSA) is 110 Å². The second-order valence-corrected chi connectivity index (χ2v) is 7.47. The van der Waals surface area contributed by atoms with Gasteiger partial charge in [0.1, 0.15) is 23.9 Å². The van der Waals surface area contributed by atoms with E-state index in [1.54, 1.807) is 22.8 Å². The van der Waals surface area contributed by atoms with E-state index in [1.807, 2.05) is 26.0 Å². The maximum Gasteiger partial charge on any atom is 0.216 e. The molecule has 1 aromatic heterocycles. The Morgan fingerprint density at radius 1 is 1.17 bits per heavy atom. The van der Waals surface area contributed by atoms with Crippen LogP contribution in [0.3, 0.4) is 0 Å². The van der Waals surface area contributed by atoms with E-state index in [0.717, 1.165) is 5.69 Å². The number of phenolic OH excluding ortho intramolecular Hbond substituents is 2. The molecule has 1 heterocycles. The van der Waals surface area contributed by atoms with Crippen LogP contribution in [0.5, 0.6) is 17.2 Å². The Kier molecular flexibility index (Phi) is 6.51. The molecule has 0 unspecified atom stereocenters. The van der Waals surface area contributed by atoms with Crippen LogP contribution < -0.4 is 10.1 Å².